The molecule has 0 aromatic carbocycles. The SMILES string of the molecule is CCCCCCCCCCCCCCCCCC(=O)N(CCCCCCCCCCCCCC)C1O[C@H](CO)[C@@H](O)[C@H](OC(C)=O)[C@H]1N. The van der Waals surface area contributed by atoms with Crippen molar-refractivity contribution in [3.8, 4) is 0 Å². The minimum absolute atomic E-state index is 0.0251. The van der Waals surface area contributed by atoms with Gasteiger partial charge in [0.25, 0.3) is 0 Å². The van der Waals surface area contributed by atoms with Gasteiger partial charge in [-0.15, -0.1) is 0 Å². The fourth-order valence-corrected chi connectivity index (χ4v) is 7.03. The Balaban J connectivity index is 2.47. The van der Waals surface area contributed by atoms with Crippen molar-refractivity contribution in [2.75, 3.05) is 13.2 Å². The molecule has 0 aliphatic carbocycles. The molecule has 4 N–H and O–H groups in total. The minimum Gasteiger partial charge on any atom is -0.458 e. The number of nitrogens with two attached hydrogens (primary N) is 1. The van der Waals surface area contributed by atoms with E-state index < -0.39 is 43.2 Å². The van der Waals surface area contributed by atoms with Crippen molar-refractivity contribution in [3.63, 3.8) is 0 Å². The van der Waals surface area contributed by atoms with Crippen LogP contribution in [0.1, 0.15) is 201 Å². The summed E-state index contributed by atoms with van der Waals surface area (Å²) in [5, 5.41) is 20.6. The lowest BCUT2D eigenvalue weighted by molar-refractivity contribution is -0.233. The third-order valence-corrected chi connectivity index (χ3v) is 10.1. The maximum atomic E-state index is 13.6. The van der Waals surface area contributed by atoms with Crippen LogP contribution in [0.2, 0.25) is 0 Å². The normalized spacial score (nSPS) is 21.0. The number of aliphatic hydroxyl groups is 2. The Hall–Kier alpha value is -1.22. The summed E-state index contributed by atoms with van der Waals surface area (Å²) in [5.74, 6) is -0.591. The summed E-state index contributed by atoms with van der Waals surface area (Å²) in [6.45, 7) is 5.83. The summed E-state index contributed by atoms with van der Waals surface area (Å²) < 4.78 is 11.4. The molecule has 1 saturated heterocycles. The molecule has 48 heavy (non-hydrogen) atoms. The van der Waals surface area contributed by atoms with E-state index in [1.54, 1.807) is 4.90 Å². The van der Waals surface area contributed by atoms with Gasteiger partial charge in [0.1, 0.15) is 18.3 Å². The van der Waals surface area contributed by atoms with Gasteiger partial charge in [-0.3, -0.25) is 9.59 Å². The molecule has 284 valence electrons. The average Bonchev–Trinajstić information content (AvgIpc) is 3.07. The molecule has 1 amide bonds. The molecular formula is C40H78N2O6. The maximum Gasteiger partial charge on any atom is 0.303 e. The number of nitrogens with zero attached hydrogens (tertiary/aromatic N) is 1. The number of hydrogen-bond donors (Lipinski definition) is 3. The number of esters is 1. The predicted molar refractivity (Wildman–Crippen MR) is 198 cm³/mol. The summed E-state index contributed by atoms with van der Waals surface area (Å²) in [6.07, 6.45) is 30.1. The van der Waals surface area contributed by atoms with E-state index in [4.69, 9.17) is 15.2 Å². The van der Waals surface area contributed by atoms with Gasteiger partial charge in [-0.1, -0.05) is 174 Å². The second-order valence-corrected chi connectivity index (χ2v) is 14.6. The van der Waals surface area contributed by atoms with Crippen LogP contribution in [0.3, 0.4) is 0 Å². The number of hydrogen-bond acceptors (Lipinski definition) is 7. The Labute approximate surface area is 295 Å². The Bertz CT molecular complexity index is 768. The van der Waals surface area contributed by atoms with E-state index in [2.05, 4.69) is 13.8 Å². The number of rotatable bonds is 32. The van der Waals surface area contributed by atoms with Crippen LogP contribution in [0.25, 0.3) is 0 Å². The first-order chi connectivity index (χ1) is 23.4. The molecule has 1 rings (SSSR count). The summed E-state index contributed by atoms with van der Waals surface area (Å²) in [7, 11) is 0. The lowest BCUT2D eigenvalue weighted by Crippen LogP contribution is -2.67. The first-order valence-electron chi connectivity index (χ1n) is 20.5. The van der Waals surface area contributed by atoms with E-state index in [-0.39, 0.29) is 5.91 Å². The van der Waals surface area contributed by atoms with Crippen molar-refractivity contribution < 1.29 is 29.3 Å². The largest absolute Gasteiger partial charge is 0.458 e. The zero-order valence-electron chi connectivity index (χ0n) is 31.7. The van der Waals surface area contributed by atoms with Crippen molar-refractivity contribution >= 4 is 11.9 Å². The second-order valence-electron chi connectivity index (χ2n) is 14.6. The highest BCUT2D eigenvalue weighted by atomic mass is 16.6. The smallest absolute Gasteiger partial charge is 0.303 e. The topological polar surface area (TPSA) is 122 Å². The number of carbonyl (C=O) groups excluding carboxylic acids is 2. The summed E-state index contributed by atoms with van der Waals surface area (Å²) >= 11 is 0. The lowest BCUT2D eigenvalue weighted by atomic mass is 9.95. The summed E-state index contributed by atoms with van der Waals surface area (Å²) in [6, 6.07) is -0.908. The van der Waals surface area contributed by atoms with Crippen molar-refractivity contribution in [3.05, 3.63) is 0 Å². The van der Waals surface area contributed by atoms with Crippen LogP contribution >= 0.6 is 0 Å². The zero-order chi connectivity index (χ0) is 35.2. The van der Waals surface area contributed by atoms with E-state index in [1.807, 2.05) is 0 Å². The molecule has 1 fully saturated rings. The van der Waals surface area contributed by atoms with Crippen LogP contribution < -0.4 is 5.73 Å². The molecule has 0 bridgehead atoms. The number of ether oxygens (including phenoxy) is 2. The molecule has 8 nitrogen and oxygen atoms in total. The fraction of sp³-hybridized carbons (Fsp3) is 0.950. The van der Waals surface area contributed by atoms with Crippen molar-refractivity contribution in [1.29, 1.82) is 0 Å². The highest BCUT2D eigenvalue weighted by Crippen LogP contribution is 2.26. The quantitative estimate of drug-likeness (QED) is 0.0478. The Morgan fingerprint density at radius 1 is 0.646 bits per heavy atom. The molecule has 0 saturated carbocycles. The molecule has 5 atom stereocenters. The van der Waals surface area contributed by atoms with Crippen LogP contribution in [0.5, 0.6) is 0 Å². The zero-order valence-corrected chi connectivity index (χ0v) is 31.7. The molecule has 8 heteroatoms. The van der Waals surface area contributed by atoms with Crippen LogP contribution in [-0.2, 0) is 19.1 Å². The molecule has 0 radical (unpaired) electrons. The molecule has 0 aromatic rings. The first-order valence-corrected chi connectivity index (χ1v) is 20.5. The van der Waals surface area contributed by atoms with Crippen molar-refractivity contribution in [2.24, 2.45) is 5.73 Å². The minimum atomic E-state index is -1.26. The van der Waals surface area contributed by atoms with Gasteiger partial charge in [0.15, 0.2) is 6.23 Å². The third-order valence-electron chi connectivity index (χ3n) is 10.1. The Kier molecular flexibility index (Phi) is 28.6. The number of aliphatic hydroxyl groups excluding tert-OH is 2. The first kappa shape index (κ1) is 44.8. The molecule has 1 unspecified atom stereocenters. The van der Waals surface area contributed by atoms with Crippen LogP contribution in [0.15, 0.2) is 0 Å². The third kappa shape index (κ3) is 21.1. The van der Waals surface area contributed by atoms with Gasteiger partial charge in [-0.05, 0) is 12.8 Å². The van der Waals surface area contributed by atoms with Gasteiger partial charge in [0.05, 0.1) is 12.6 Å². The fourth-order valence-electron chi connectivity index (χ4n) is 7.03. The van der Waals surface area contributed by atoms with Gasteiger partial charge in [0.2, 0.25) is 5.91 Å². The Morgan fingerprint density at radius 3 is 1.40 bits per heavy atom. The highest BCUT2D eigenvalue weighted by Gasteiger charge is 2.48. The number of unbranched alkanes of at least 4 members (excludes halogenated alkanes) is 25. The van der Waals surface area contributed by atoms with Gasteiger partial charge in [-0.25, -0.2) is 0 Å². The molecule has 1 aliphatic rings. The van der Waals surface area contributed by atoms with E-state index >= 15 is 0 Å². The maximum absolute atomic E-state index is 13.6. The van der Waals surface area contributed by atoms with Crippen molar-refractivity contribution in [1.82, 2.24) is 4.90 Å². The molecule has 1 heterocycles. The number of amides is 1. The monoisotopic (exact) mass is 683 g/mol. The lowest BCUT2D eigenvalue weighted by Gasteiger charge is -2.46. The van der Waals surface area contributed by atoms with E-state index in [0.717, 1.165) is 38.5 Å². The van der Waals surface area contributed by atoms with E-state index in [1.165, 1.54) is 142 Å². The van der Waals surface area contributed by atoms with Crippen LogP contribution in [0, 0.1) is 0 Å². The van der Waals surface area contributed by atoms with Crippen molar-refractivity contribution in [2.45, 2.75) is 231 Å². The van der Waals surface area contributed by atoms with Crippen LogP contribution in [-0.4, -0.2) is 70.7 Å². The van der Waals surface area contributed by atoms with Crippen LogP contribution in [0.4, 0.5) is 0 Å². The molecular weight excluding hydrogens is 604 g/mol. The number of carbonyl (C=O) groups is 2. The predicted octanol–water partition coefficient (Wildman–Crippen LogP) is 9.11. The second kappa shape index (κ2) is 30.6. The summed E-state index contributed by atoms with van der Waals surface area (Å²) in [4.78, 5) is 27.1. The van der Waals surface area contributed by atoms with Gasteiger partial charge < -0.3 is 30.3 Å². The van der Waals surface area contributed by atoms with Gasteiger partial charge in [0, 0.05) is 19.9 Å². The Morgan fingerprint density at radius 2 is 1.02 bits per heavy atom. The standard InChI is InChI=1S/C40H78N2O6/c1-4-6-8-10-12-14-16-18-19-20-21-23-25-27-29-31-36(45)42(32-30-28-26-24-22-17-15-13-11-9-7-5-2)40-37(41)39(47-34(3)44)38(46)35(33-43)48-40/h35,37-40,43,46H,4-33,41H2,1-3H3/t35-,37-,38-,39-,40?/m1/s1. The molecule has 0 aromatic heterocycles. The van der Waals surface area contributed by atoms with E-state index in [0.29, 0.717) is 13.0 Å². The van der Waals surface area contributed by atoms with Gasteiger partial charge >= 0.3 is 5.97 Å². The summed E-state index contributed by atoms with van der Waals surface area (Å²) in [5.41, 5.74) is 6.50. The van der Waals surface area contributed by atoms with E-state index in [9.17, 15) is 19.8 Å². The van der Waals surface area contributed by atoms with Gasteiger partial charge in [-0.2, -0.15) is 0 Å². The molecule has 0 spiro atoms. The highest BCUT2D eigenvalue weighted by molar-refractivity contribution is 5.76. The average molecular weight is 683 g/mol. The molecule has 1 aliphatic heterocycles.